The van der Waals surface area contributed by atoms with Crippen LogP contribution in [0.1, 0.15) is 52.0 Å². The molecule has 148 valence electrons. The third-order valence-corrected chi connectivity index (χ3v) is 5.86. The number of aryl methyl sites for hydroxylation is 3. The molecule has 1 aliphatic heterocycles. The van der Waals surface area contributed by atoms with Crippen LogP contribution in [0.15, 0.2) is 66.7 Å². The number of para-hydroxylation sites is 2. The SMILES string of the molecule is Cc1cccc(C(=O)N2c3c(C)cccc3C(Nc3ccccc3C)CC2C)c1. The second-order valence-corrected chi connectivity index (χ2v) is 8.15. The molecule has 3 nitrogen and oxygen atoms in total. The van der Waals surface area contributed by atoms with Crippen molar-refractivity contribution in [3.63, 3.8) is 0 Å². The number of nitrogens with one attached hydrogen (secondary N) is 1. The standard InChI is InChI=1S/C26H28N2O/c1-17-9-7-12-21(15-17)26(29)28-20(4)16-24(22-13-8-11-19(3)25(22)28)27-23-14-6-5-10-18(23)2/h5-15,20,24,27H,16H2,1-4H3. The van der Waals surface area contributed by atoms with E-state index in [2.05, 4.69) is 68.6 Å². The number of benzene rings is 3. The summed E-state index contributed by atoms with van der Waals surface area (Å²) in [6.45, 7) is 8.39. The zero-order valence-corrected chi connectivity index (χ0v) is 17.6. The minimum absolute atomic E-state index is 0.0751. The predicted molar refractivity (Wildman–Crippen MR) is 121 cm³/mol. The highest BCUT2D eigenvalue weighted by Crippen LogP contribution is 2.41. The maximum Gasteiger partial charge on any atom is 0.258 e. The highest BCUT2D eigenvalue weighted by Gasteiger charge is 2.35. The third kappa shape index (κ3) is 3.65. The first-order valence-electron chi connectivity index (χ1n) is 10.3. The Hall–Kier alpha value is -3.07. The van der Waals surface area contributed by atoms with Gasteiger partial charge in [-0.2, -0.15) is 0 Å². The number of anilines is 2. The molecule has 0 fully saturated rings. The van der Waals surface area contributed by atoms with Gasteiger partial charge < -0.3 is 10.2 Å². The molecule has 3 heteroatoms. The van der Waals surface area contributed by atoms with Crippen LogP contribution in [0.25, 0.3) is 0 Å². The van der Waals surface area contributed by atoms with E-state index in [1.165, 1.54) is 11.1 Å². The van der Waals surface area contributed by atoms with Crippen LogP contribution >= 0.6 is 0 Å². The fourth-order valence-corrected chi connectivity index (χ4v) is 4.36. The number of rotatable bonds is 3. The number of hydrogen-bond donors (Lipinski definition) is 1. The van der Waals surface area contributed by atoms with Crippen molar-refractivity contribution in [2.24, 2.45) is 0 Å². The molecule has 0 aromatic heterocycles. The summed E-state index contributed by atoms with van der Waals surface area (Å²) in [5.74, 6) is 0.0751. The summed E-state index contributed by atoms with van der Waals surface area (Å²) in [7, 11) is 0. The first-order chi connectivity index (χ1) is 14.0. The Labute approximate surface area is 173 Å². The molecule has 1 aliphatic rings. The molecule has 2 unspecified atom stereocenters. The molecule has 0 saturated heterocycles. The second-order valence-electron chi connectivity index (χ2n) is 8.15. The topological polar surface area (TPSA) is 32.3 Å². The number of carbonyl (C=O) groups excluding carboxylic acids is 1. The summed E-state index contributed by atoms with van der Waals surface area (Å²) in [6, 6.07) is 22.8. The van der Waals surface area contributed by atoms with Crippen molar-refractivity contribution < 1.29 is 4.79 Å². The molecule has 29 heavy (non-hydrogen) atoms. The van der Waals surface area contributed by atoms with Gasteiger partial charge >= 0.3 is 0 Å². The summed E-state index contributed by atoms with van der Waals surface area (Å²) < 4.78 is 0. The van der Waals surface area contributed by atoms with Crippen molar-refractivity contribution in [3.8, 4) is 0 Å². The summed E-state index contributed by atoms with van der Waals surface area (Å²) in [5.41, 5.74) is 7.59. The van der Waals surface area contributed by atoms with Gasteiger partial charge in [0.25, 0.3) is 5.91 Å². The first-order valence-corrected chi connectivity index (χ1v) is 10.3. The van der Waals surface area contributed by atoms with Gasteiger partial charge in [-0.25, -0.2) is 0 Å². The molecule has 0 saturated carbocycles. The lowest BCUT2D eigenvalue weighted by Gasteiger charge is -2.41. The van der Waals surface area contributed by atoms with Crippen LogP contribution in [0.2, 0.25) is 0 Å². The quantitative estimate of drug-likeness (QED) is 0.583. The van der Waals surface area contributed by atoms with E-state index in [1.807, 2.05) is 36.1 Å². The van der Waals surface area contributed by atoms with E-state index in [-0.39, 0.29) is 18.0 Å². The van der Waals surface area contributed by atoms with Gasteiger partial charge in [-0.05, 0) is 69.0 Å². The van der Waals surface area contributed by atoms with Gasteiger partial charge in [-0.3, -0.25) is 4.79 Å². The maximum absolute atomic E-state index is 13.5. The highest BCUT2D eigenvalue weighted by atomic mass is 16.2. The molecule has 3 aromatic rings. The summed E-state index contributed by atoms with van der Waals surface area (Å²) in [4.78, 5) is 15.5. The molecule has 1 N–H and O–H groups in total. The van der Waals surface area contributed by atoms with E-state index in [0.29, 0.717) is 0 Å². The van der Waals surface area contributed by atoms with Crippen molar-refractivity contribution in [2.45, 2.75) is 46.2 Å². The fraction of sp³-hybridized carbons (Fsp3) is 0.269. The lowest BCUT2D eigenvalue weighted by Crippen LogP contribution is -2.44. The second kappa shape index (κ2) is 7.75. The Bertz CT molecular complexity index is 1060. The number of amides is 1. The minimum Gasteiger partial charge on any atom is -0.378 e. The van der Waals surface area contributed by atoms with Crippen LogP contribution in [0.4, 0.5) is 11.4 Å². The molecule has 2 atom stereocenters. The van der Waals surface area contributed by atoms with Crippen molar-refractivity contribution >= 4 is 17.3 Å². The van der Waals surface area contributed by atoms with Crippen LogP contribution in [0, 0.1) is 20.8 Å². The summed E-state index contributed by atoms with van der Waals surface area (Å²) >= 11 is 0. The Morgan fingerprint density at radius 1 is 0.931 bits per heavy atom. The van der Waals surface area contributed by atoms with Gasteiger partial charge in [0.15, 0.2) is 0 Å². The van der Waals surface area contributed by atoms with E-state index in [4.69, 9.17) is 0 Å². The maximum atomic E-state index is 13.5. The van der Waals surface area contributed by atoms with E-state index >= 15 is 0 Å². The average Bonchev–Trinajstić information content (AvgIpc) is 2.70. The highest BCUT2D eigenvalue weighted by molar-refractivity contribution is 6.07. The summed E-state index contributed by atoms with van der Waals surface area (Å²) in [6.07, 6.45) is 0.863. The van der Waals surface area contributed by atoms with Gasteiger partial charge in [0.1, 0.15) is 0 Å². The van der Waals surface area contributed by atoms with Crippen LogP contribution in [0.3, 0.4) is 0 Å². The van der Waals surface area contributed by atoms with Crippen LogP contribution in [-0.2, 0) is 0 Å². The van der Waals surface area contributed by atoms with Crippen molar-refractivity contribution in [1.82, 2.24) is 0 Å². The average molecular weight is 385 g/mol. The van der Waals surface area contributed by atoms with Gasteiger partial charge in [0, 0.05) is 17.3 Å². The van der Waals surface area contributed by atoms with E-state index in [1.54, 1.807) is 0 Å². The van der Waals surface area contributed by atoms with Gasteiger partial charge in [0.2, 0.25) is 0 Å². The zero-order valence-electron chi connectivity index (χ0n) is 17.6. The molecule has 0 bridgehead atoms. The van der Waals surface area contributed by atoms with E-state index in [0.717, 1.165) is 34.5 Å². The van der Waals surface area contributed by atoms with Crippen molar-refractivity contribution in [3.05, 3.63) is 94.5 Å². The van der Waals surface area contributed by atoms with Crippen LogP contribution in [-0.4, -0.2) is 11.9 Å². The monoisotopic (exact) mass is 384 g/mol. The Morgan fingerprint density at radius 2 is 1.66 bits per heavy atom. The molecule has 0 spiro atoms. The Balaban J connectivity index is 1.75. The van der Waals surface area contributed by atoms with E-state index in [9.17, 15) is 4.79 Å². The Kier molecular flexibility index (Phi) is 5.14. The Morgan fingerprint density at radius 3 is 2.41 bits per heavy atom. The normalized spacial score (nSPS) is 18.3. The molecule has 1 heterocycles. The smallest absolute Gasteiger partial charge is 0.258 e. The molecule has 0 radical (unpaired) electrons. The van der Waals surface area contributed by atoms with Gasteiger partial charge in [-0.15, -0.1) is 0 Å². The molecule has 3 aromatic carbocycles. The van der Waals surface area contributed by atoms with Gasteiger partial charge in [-0.1, -0.05) is 54.1 Å². The minimum atomic E-state index is 0.0751. The molecule has 1 amide bonds. The largest absolute Gasteiger partial charge is 0.378 e. The van der Waals surface area contributed by atoms with E-state index < -0.39 is 0 Å². The fourth-order valence-electron chi connectivity index (χ4n) is 4.36. The van der Waals surface area contributed by atoms with Crippen LogP contribution in [0.5, 0.6) is 0 Å². The lowest BCUT2D eigenvalue weighted by molar-refractivity contribution is 0.0974. The van der Waals surface area contributed by atoms with Crippen molar-refractivity contribution in [2.75, 3.05) is 10.2 Å². The third-order valence-electron chi connectivity index (χ3n) is 5.86. The lowest BCUT2D eigenvalue weighted by atomic mass is 9.88. The summed E-state index contributed by atoms with van der Waals surface area (Å²) in [5, 5.41) is 3.73. The molecular formula is C26H28N2O. The number of carbonyl (C=O) groups is 1. The zero-order chi connectivity index (χ0) is 20.5. The first kappa shape index (κ1) is 19.3. The predicted octanol–water partition coefficient (Wildman–Crippen LogP) is 6.20. The number of fused-ring (bicyclic) bond motifs is 1. The number of hydrogen-bond acceptors (Lipinski definition) is 2. The molecule has 0 aliphatic carbocycles. The van der Waals surface area contributed by atoms with Crippen molar-refractivity contribution in [1.29, 1.82) is 0 Å². The van der Waals surface area contributed by atoms with Gasteiger partial charge in [0.05, 0.1) is 11.7 Å². The number of nitrogens with zero attached hydrogens (tertiary/aromatic N) is 1. The molecular weight excluding hydrogens is 356 g/mol. The van der Waals surface area contributed by atoms with Crippen LogP contribution < -0.4 is 10.2 Å². The molecule has 4 rings (SSSR count).